The van der Waals surface area contributed by atoms with Crippen LogP contribution >= 0.6 is 0 Å². The van der Waals surface area contributed by atoms with Gasteiger partial charge in [0.25, 0.3) is 0 Å². The molecule has 0 radical (unpaired) electrons. The number of fused-ring (bicyclic) bond motifs is 1. The number of para-hydroxylation sites is 2. The van der Waals surface area contributed by atoms with Crippen LogP contribution in [-0.4, -0.2) is 24.6 Å². The highest BCUT2D eigenvalue weighted by Crippen LogP contribution is 2.13. The van der Waals surface area contributed by atoms with E-state index in [1.54, 1.807) is 6.07 Å². The second-order valence-electron chi connectivity index (χ2n) is 6.07. The van der Waals surface area contributed by atoms with Gasteiger partial charge in [0.2, 0.25) is 5.91 Å². The van der Waals surface area contributed by atoms with Crippen LogP contribution in [0, 0.1) is 0 Å². The van der Waals surface area contributed by atoms with Gasteiger partial charge in [-0.1, -0.05) is 24.3 Å². The van der Waals surface area contributed by atoms with Crippen LogP contribution in [0.25, 0.3) is 11.1 Å². The molecule has 25 heavy (non-hydrogen) atoms. The molecule has 0 aliphatic carbocycles. The zero-order chi connectivity index (χ0) is 17.8. The van der Waals surface area contributed by atoms with Crippen molar-refractivity contribution in [1.82, 2.24) is 9.88 Å². The first-order valence-corrected chi connectivity index (χ1v) is 8.16. The van der Waals surface area contributed by atoms with Gasteiger partial charge in [-0.15, -0.1) is 0 Å². The van der Waals surface area contributed by atoms with Crippen molar-refractivity contribution in [3.63, 3.8) is 0 Å². The summed E-state index contributed by atoms with van der Waals surface area (Å²) in [5, 5.41) is 2.88. The number of oxazole rings is 1. The maximum Gasteiger partial charge on any atom is 0.419 e. The van der Waals surface area contributed by atoms with Gasteiger partial charge in [-0.2, -0.15) is 0 Å². The molecule has 0 bridgehead atoms. The summed E-state index contributed by atoms with van der Waals surface area (Å²) in [6, 6.07) is 15.2. The Morgan fingerprint density at radius 3 is 2.56 bits per heavy atom. The number of nitrogens with one attached hydrogen (secondary N) is 1. The number of benzene rings is 2. The van der Waals surface area contributed by atoms with Crippen molar-refractivity contribution in [3.05, 3.63) is 64.6 Å². The smallest absolute Gasteiger partial charge is 0.408 e. The van der Waals surface area contributed by atoms with Crippen molar-refractivity contribution in [3.8, 4) is 0 Å². The van der Waals surface area contributed by atoms with Gasteiger partial charge in [0.1, 0.15) is 0 Å². The summed E-state index contributed by atoms with van der Waals surface area (Å²) in [6.45, 7) is 0.759. The molecule has 0 fully saturated rings. The SMILES string of the molecule is CN(C)c1ccc(CNC(=O)CCn2c(=O)oc3ccccc32)cc1. The zero-order valence-electron chi connectivity index (χ0n) is 14.4. The predicted octanol–water partition coefficient (Wildman–Crippen LogP) is 2.37. The van der Waals surface area contributed by atoms with Crippen molar-refractivity contribution in [2.45, 2.75) is 19.5 Å². The molecule has 2 aromatic carbocycles. The number of carbonyl (C=O) groups is 1. The normalized spacial score (nSPS) is 10.8. The van der Waals surface area contributed by atoms with E-state index >= 15 is 0 Å². The molecule has 6 heteroatoms. The highest BCUT2D eigenvalue weighted by molar-refractivity contribution is 5.76. The standard InChI is InChI=1S/C19H21N3O3/c1-21(2)15-9-7-14(8-10-15)13-20-18(23)11-12-22-16-5-3-4-6-17(16)25-19(22)24/h3-10H,11-13H2,1-2H3,(H,20,23). The number of rotatable bonds is 6. The van der Waals surface area contributed by atoms with E-state index in [1.165, 1.54) is 4.57 Å². The van der Waals surface area contributed by atoms with Crippen LogP contribution < -0.4 is 16.0 Å². The number of hydrogen-bond acceptors (Lipinski definition) is 4. The van der Waals surface area contributed by atoms with E-state index in [0.717, 1.165) is 11.3 Å². The minimum Gasteiger partial charge on any atom is -0.408 e. The van der Waals surface area contributed by atoms with Gasteiger partial charge in [0, 0.05) is 39.3 Å². The Hall–Kier alpha value is -3.02. The molecule has 1 heterocycles. The molecule has 1 amide bonds. The molecule has 1 aromatic heterocycles. The molecule has 0 spiro atoms. The lowest BCUT2D eigenvalue weighted by Gasteiger charge is -2.13. The minimum atomic E-state index is -0.437. The predicted molar refractivity (Wildman–Crippen MR) is 97.7 cm³/mol. The second-order valence-corrected chi connectivity index (χ2v) is 6.07. The molecule has 0 saturated carbocycles. The van der Waals surface area contributed by atoms with Crippen LogP contribution in [0.15, 0.2) is 57.7 Å². The fraction of sp³-hybridized carbons (Fsp3) is 0.263. The molecule has 0 aliphatic rings. The summed E-state index contributed by atoms with van der Waals surface area (Å²) in [4.78, 5) is 26.0. The monoisotopic (exact) mass is 339 g/mol. The Labute approximate surface area is 145 Å². The molecular formula is C19H21N3O3. The van der Waals surface area contributed by atoms with E-state index in [1.807, 2.05) is 61.5 Å². The average Bonchev–Trinajstić information content (AvgIpc) is 2.93. The number of amides is 1. The van der Waals surface area contributed by atoms with Crippen LogP contribution in [0.5, 0.6) is 0 Å². The van der Waals surface area contributed by atoms with Crippen LogP contribution in [-0.2, 0) is 17.9 Å². The van der Waals surface area contributed by atoms with Gasteiger partial charge in [0.15, 0.2) is 5.58 Å². The van der Waals surface area contributed by atoms with Crippen LogP contribution in [0.4, 0.5) is 5.69 Å². The summed E-state index contributed by atoms with van der Waals surface area (Å²) in [7, 11) is 3.97. The van der Waals surface area contributed by atoms with Gasteiger partial charge < -0.3 is 14.6 Å². The first-order chi connectivity index (χ1) is 12.0. The van der Waals surface area contributed by atoms with Crippen molar-refractivity contribution in [1.29, 1.82) is 0 Å². The Morgan fingerprint density at radius 2 is 1.84 bits per heavy atom. The Morgan fingerprint density at radius 1 is 1.12 bits per heavy atom. The van der Waals surface area contributed by atoms with Gasteiger partial charge in [0.05, 0.1) is 5.52 Å². The minimum absolute atomic E-state index is 0.103. The molecule has 0 atom stereocenters. The highest BCUT2D eigenvalue weighted by atomic mass is 16.4. The van der Waals surface area contributed by atoms with Crippen LogP contribution in [0.1, 0.15) is 12.0 Å². The third kappa shape index (κ3) is 3.91. The van der Waals surface area contributed by atoms with Gasteiger partial charge in [-0.3, -0.25) is 9.36 Å². The summed E-state index contributed by atoms with van der Waals surface area (Å²) >= 11 is 0. The number of carbonyl (C=O) groups excluding carboxylic acids is 1. The molecular weight excluding hydrogens is 318 g/mol. The number of aromatic nitrogens is 1. The van der Waals surface area contributed by atoms with Gasteiger partial charge in [-0.25, -0.2) is 4.79 Å². The van der Waals surface area contributed by atoms with Crippen molar-refractivity contribution >= 4 is 22.7 Å². The van der Waals surface area contributed by atoms with E-state index in [4.69, 9.17) is 4.42 Å². The number of aryl methyl sites for hydroxylation is 1. The van der Waals surface area contributed by atoms with Crippen LogP contribution in [0.2, 0.25) is 0 Å². The second kappa shape index (κ2) is 7.25. The molecule has 3 rings (SSSR count). The first-order valence-electron chi connectivity index (χ1n) is 8.16. The maximum absolute atomic E-state index is 12.1. The number of hydrogen-bond donors (Lipinski definition) is 1. The van der Waals surface area contributed by atoms with Crippen molar-refractivity contribution < 1.29 is 9.21 Å². The topological polar surface area (TPSA) is 67.5 Å². The molecule has 1 N–H and O–H groups in total. The lowest BCUT2D eigenvalue weighted by molar-refractivity contribution is -0.121. The van der Waals surface area contributed by atoms with Gasteiger partial charge >= 0.3 is 5.76 Å². The molecule has 6 nitrogen and oxygen atoms in total. The number of anilines is 1. The average molecular weight is 339 g/mol. The maximum atomic E-state index is 12.1. The summed E-state index contributed by atoms with van der Waals surface area (Å²) in [5.74, 6) is -0.540. The van der Waals surface area contributed by atoms with E-state index in [2.05, 4.69) is 5.32 Å². The van der Waals surface area contributed by atoms with Crippen molar-refractivity contribution in [2.75, 3.05) is 19.0 Å². The van der Waals surface area contributed by atoms with Crippen LogP contribution in [0.3, 0.4) is 0 Å². The summed E-state index contributed by atoms with van der Waals surface area (Å²) in [5.41, 5.74) is 3.39. The van der Waals surface area contributed by atoms with E-state index in [-0.39, 0.29) is 12.3 Å². The lowest BCUT2D eigenvalue weighted by atomic mass is 10.2. The zero-order valence-corrected chi connectivity index (χ0v) is 14.4. The molecule has 3 aromatic rings. The Balaban J connectivity index is 1.56. The third-order valence-electron chi connectivity index (χ3n) is 4.08. The molecule has 0 saturated heterocycles. The van der Waals surface area contributed by atoms with E-state index < -0.39 is 5.76 Å². The molecule has 0 unspecified atom stereocenters. The lowest BCUT2D eigenvalue weighted by Crippen LogP contribution is -2.25. The fourth-order valence-electron chi connectivity index (χ4n) is 2.64. The summed E-state index contributed by atoms with van der Waals surface area (Å²) < 4.78 is 6.65. The molecule has 130 valence electrons. The Bertz CT molecular complexity index is 923. The third-order valence-corrected chi connectivity index (χ3v) is 4.08. The van der Waals surface area contributed by atoms with E-state index in [0.29, 0.717) is 24.2 Å². The first kappa shape index (κ1) is 16.8. The largest absolute Gasteiger partial charge is 0.419 e. The van der Waals surface area contributed by atoms with Gasteiger partial charge in [-0.05, 0) is 29.8 Å². The quantitative estimate of drug-likeness (QED) is 0.749. The summed E-state index contributed by atoms with van der Waals surface area (Å²) in [6.07, 6.45) is 0.221. The number of nitrogens with zero attached hydrogens (tertiary/aromatic N) is 2. The Kier molecular flexibility index (Phi) is 4.88. The molecule has 0 aliphatic heterocycles. The highest BCUT2D eigenvalue weighted by Gasteiger charge is 2.10. The fourth-order valence-corrected chi connectivity index (χ4v) is 2.64. The van der Waals surface area contributed by atoms with Crippen molar-refractivity contribution in [2.24, 2.45) is 0 Å². The van der Waals surface area contributed by atoms with E-state index in [9.17, 15) is 9.59 Å².